The van der Waals surface area contributed by atoms with E-state index >= 15 is 0 Å². The smallest absolute Gasteiger partial charge is 0.132 e. The van der Waals surface area contributed by atoms with E-state index in [1.165, 1.54) is 21.5 Å². The molecule has 0 saturated carbocycles. The highest BCUT2D eigenvalue weighted by atomic mass is 16.5. The molecular formula is C66H38N6O. The summed E-state index contributed by atoms with van der Waals surface area (Å²) in [6.45, 7) is 0. The average Bonchev–Trinajstić information content (AvgIpc) is 4.17. The van der Waals surface area contributed by atoms with Crippen LogP contribution in [0, 0.1) is 11.3 Å². The van der Waals surface area contributed by atoms with Gasteiger partial charge in [0.1, 0.15) is 11.5 Å². The van der Waals surface area contributed by atoms with Crippen molar-refractivity contribution in [1.82, 2.24) is 23.7 Å². The van der Waals surface area contributed by atoms with E-state index in [4.69, 9.17) is 14.7 Å². The molecule has 0 fully saturated rings. The Morgan fingerprint density at radius 3 is 1.56 bits per heavy atom. The maximum Gasteiger partial charge on any atom is 0.132 e. The van der Waals surface area contributed by atoms with Gasteiger partial charge in [0.05, 0.1) is 73.4 Å². The van der Waals surface area contributed by atoms with Gasteiger partial charge in [-0.2, -0.15) is 5.26 Å². The van der Waals surface area contributed by atoms with E-state index in [1.807, 2.05) is 36.7 Å². The van der Waals surface area contributed by atoms with Gasteiger partial charge in [0.2, 0.25) is 0 Å². The van der Waals surface area contributed by atoms with Gasteiger partial charge in [0.25, 0.3) is 0 Å². The molecular weight excluding hydrogens is 893 g/mol. The van der Waals surface area contributed by atoms with Crippen LogP contribution in [0.15, 0.2) is 231 Å². The SMILES string of the molecule is N#Cc1ccc2c(c1)c1cc(-c3ccc4c(c3)Oc3ccccc3C43c4cccnc4-c4ncc(-n5c6ccccc6c6ccccc65)cc43)ccc1n2-c1cccc(-n2c3ccccc3c3ccccc32)c1. The number of benzene rings is 9. The van der Waals surface area contributed by atoms with Gasteiger partial charge in [-0.05, 0) is 114 Å². The number of hydrogen-bond acceptors (Lipinski definition) is 4. The van der Waals surface area contributed by atoms with Crippen molar-refractivity contribution in [1.29, 1.82) is 5.26 Å². The quantitative estimate of drug-likeness (QED) is 0.176. The van der Waals surface area contributed by atoms with Gasteiger partial charge in [0, 0.05) is 66.6 Å². The van der Waals surface area contributed by atoms with Gasteiger partial charge in [-0.25, -0.2) is 0 Å². The van der Waals surface area contributed by atoms with Gasteiger partial charge in [-0.15, -0.1) is 0 Å². The van der Waals surface area contributed by atoms with Crippen LogP contribution in [-0.2, 0) is 5.41 Å². The lowest BCUT2D eigenvalue weighted by Gasteiger charge is -2.39. The molecule has 9 aromatic carbocycles. The number of ether oxygens (including phenoxy) is 1. The number of aromatic nitrogens is 5. The highest BCUT2D eigenvalue weighted by Crippen LogP contribution is 2.62. The van der Waals surface area contributed by atoms with E-state index < -0.39 is 5.41 Å². The summed E-state index contributed by atoms with van der Waals surface area (Å²) in [5.74, 6) is 1.57. The molecule has 338 valence electrons. The largest absolute Gasteiger partial charge is 0.457 e. The fraction of sp³-hybridized carbons (Fsp3) is 0.0152. The van der Waals surface area contributed by atoms with E-state index in [0.29, 0.717) is 5.56 Å². The highest BCUT2D eigenvalue weighted by molar-refractivity contribution is 6.12. The Morgan fingerprint density at radius 1 is 0.370 bits per heavy atom. The van der Waals surface area contributed by atoms with Crippen LogP contribution in [0.2, 0.25) is 0 Å². The van der Waals surface area contributed by atoms with Crippen molar-refractivity contribution in [3.63, 3.8) is 0 Å². The standard InChI is InChI=1S/C66H38N6O/c67-38-40-26-30-60-50(33-40)51-34-41(28-31-61(51)71(60)44-14-11-13-43(36-44)70-56-21-6-1-15-46(56)47-16-2-7-22-57(47)70)42-27-29-53-63(35-42)73-62-25-10-5-19-52(62)66(53)54-20-12-32-68-64(54)65-55(66)37-45(39-69-65)72-58-23-8-3-17-48(58)49-18-4-9-24-59(49)72/h1-37,39H. The number of para-hydroxylation sites is 5. The molecule has 0 amide bonds. The number of rotatable bonds is 4. The van der Waals surface area contributed by atoms with Crippen molar-refractivity contribution in [2.75, 3.05) is 0 Å². The van der Waals surface area contributed by atoms with Crippen LogP contribution in [0.25, 0.3) is 105 Å². The summed E-state index contributed by atoms with van der Waals surface area (Å²) in [7, 11) is 0. The van der Waals surface area contributed by atoms with E-state index in [0.717, 1.165) is 117 Å². The van der Waals surface area contributed by atoms with Gasteiger partial charge in [0.15, 0.2) is 0 Å². The summed E-state index contributed by atoms with van der Waals surface area (Å²) >= 11 is 0. The summed E-state index contributed by atoms with van der Waals surface area (Å²) in [5.41, 5.74) is 17.6. The zero-order valence-electron chi connectivity index (χ0n) is 39.0. The molecule has 6 heterocycles. The van der Waals surface area contributed by atoms with Crippen LogP contribution in [0.3, 0.4) is 0 Å². The number of nitriles is 1. The Morgan fingerprint density at radius 2 is 0.890 bits per heavy atom. The first kappa shape index (κ1) is 39.8. The van der Waals surface area contributed by atoms with Crippen molar-refractivity contribution >= 4 is 65.4 Å². The lowest BCUT2D eigenvalue weighted by Crippen LogP contribution is -2.32. The minimum atomic E-state index is -0.776. The van der Waals surface area contributed by atoms with Crippen molar-refractivity contribution in [3.8, 4) is 57.1 Å². The van der Waals surface area contributed by atoms with Crippen LogP contribution in [0.4, 0.5) is 0 Å². The predicted octanol–water partition coefficient (Wildman–Crippen LogP) is 15.8. The van der Waals surface area contributed by atoms with E-state index in [2.05, 4.69) is 214 Å². The normalized spacial score (nSPS) is 14.5. The third-order valence-corrected chi connectivity index (χ3v) is 15.6. The molecule has 0 saturated heterocycles. The number of pyridine rings is 2. The Kier molecular flexibility index (Phi) is 8.04. The second-order valence-corrected chi connectivity index (χ2v) is 19.2. The maximum absolute atomic E-state index is 10.2. The molecule has 1 unspecified atom stereocenters. The Labute approximate surface area is 418 Å². The topological polar surface area (TPSA) is 73.6 Å². The van der Waals surface area contributed by atoms with Gasteiger partial charge < -0.3 is 18.4 Å². The molecule has 1 aliphatic heterocycles. The number of nitrogens with zero attached hydrogens (tertiary/aromatic N) is 6. The summed E-state index contributed by atoms with van der Waals surface area (Å²) in [5, 5.41) is 17.1. The van der Waals surface area contributed by atoms with E-state index in [-0.39, 0.29) is 0 Å². The molecule has 2 aliphatic rings. The molecule has 16 rings (SSSR count). The molecule has 14 aromatic rings. The Balaban J connectivity index is 0.877. The van der Waals surface area contributed by atoms with Gasteiger partial charge in [-0.3, -0.25) is 9.97 Å². The fourth-order valence-electron chi connectivity index (χ4n) is 12.6. The molecule has 1 atom stereocenters. The lowest BCUT2D eigenvalue weighted by molar-refractivity contribution is 0.436. The summed E-state index contributed by atoms with van der Waals surface area (Å²) < 4.78 is 14.1. The molecule has 0 bridgehead atoms. The molecule has 0 N–H and O–H groups in total. The van der Waals surface area contributed by atoms with Crippen LogP contribution >= 0.6 is 0 Å². The second kappa shape index (κ2) is 14.8. The molecule has 7 nitrogen and oxygen atoms in total. The summed E-state index contributed by atoms with van der Waals surface area (Å²) in [6, 6.07) is 80.0. The van der Waals surface area contributed by atoms with Crippen LogP contribution in [0.1, 0.15) is 27.8 Å². The van der Waals surface area contributed by atoms with Crippen molar-refractivity contribution < 1.29 is 4.74 Å². The Bertz CT molecular complexity index is 4650. The summed E-state index contributed by atoms with van der Waals surface area (Å²) in [4.78, 5) is 10.4. The molecule has 1 aliphatic carbocycles. The molecule has 1 spiro atoms. The Hall–Kier alpha value is -10.0. The zero-order chi connectivity index (χ0) is 47.9. The summed E-state index contributed by atoms with van der Waals surface area (Å²) in [6.07, 6.45) is 3.87. The molecule has 0 radical (unpaired) electrons. The first-order chi connectivity index (χ1) is 36.2. The number of hydrogen-bond donors (Lipinski definition) is 0. The fourth-order valence-corrected chi connectivity index (χ4v) is 12.6. The van der Waals surface area contributed by atoms with Crippen LogP contribution in [-0.4, -0.2) is 23.7 Å². The van der Waals surface area contributed by atoms with E-state index in [9.17, 15) is 5.26 Å². The van der Waals surface area contributed by atoms with Crippen molar-refractivity contribution in [3.05, 3.63) is 259 Å². The molecule has 73 heavy (non-hydrogen) atoms. The average molecular weight is 931 g/mol. The number of fused-ring (bicyclic) bond motifs is 18. The third kappa shape index (κ3) is 5.36. The van der Waals surface area contributed by atoms with Gasteiger partial charge >= 0.3 is 0 Å². The predicted molar refractivity (Wildman–Crippen MR) is 293 cm³/mol. The first-order valence-electron chi connectivity index (χ1n) is 24.6. The maximum atomic E-state index is 10.2. The minimum Gasteiger partial charge on any atom is -0.457 e. The lowest BCUT2D eigenvalue weighted by atomic mass is 9.66. The van der Waals surface area contributed by atoms with E-state index in [1.54, 1.807) is 0 Å². The minimum absolute atomic E-state index is 0.615. The first-order valence-corrected chi connectivity index (χ1v) is 24.6. The van der Waals surface area contributed by atoms with Gasteiger partial charge in [-0.1, -0.05) is 121 Å². The van der Waals surface area contributed by atoms with Crippen LogP contribution < -0.4 is 4.74 Å². The zero-order valence-corrected chi connectivity index (χ0v) is 39.0. The molecule has 7 heteroatoms. The van der Waals surface area contributed by atoms with Crippen LogP contribution in [0.5, 0.6) is 11.5 Å². The third-order valence-electron chi connectivity index (χ3n) is 15.6. The highest BCUT2D eigenvalue weighted by Gasteiger charge is 2.52. The monoisotopic (exact) mass is 930 g/mol. The second-order valence-electron chi connectivity index (χ2n) is 19.2. The van der Waals surface area contributed by atoms with Crippen molar-refractivity contribution in [2.45, 2.75) is 5.41 Å². The van der Waals surface area contributed by atoms with Crippen molar-refractivity contribution in [2.24, 2.45) is 0 Å². The molecule has 5 aromatic heterocycles.